The van der Waals surface area contributed by atoms with Gasteiger partial charge in [-0.3, -0.25) is 9.59 Å². The number of aromatic nitrogens is 1. The molecule has 0 spiro atoms. The van der Waals surface area contributed by atoms with Gasteiger partial charge in [0, 0.05) is 47.9 Å². The van der Waals surface area contributed by atoms with Gasteiger partial charge in [-0.05, 0) is 42.9 Å². The molecule has 0 aliphatic carbocycles. The first kappa shape index (κ1) is 20.8. The molecule has 5 rings (SSSR count). The van der Waals surface area contributed by atoms with E-state index in [4.69, 9.17) is 0 Å². The summed E-state index contributed by atoms with van der Waals surface area (Å²) >= 11 is 0. The Balaban J connectivity index is 1.58. The minimum absolute atomic E-state index is 0.0486. The first-order valence-electron chi connectivity index (χ1n) is 11.6. The maximum absolute atomic E-state index is 13.5. The highest BCUT2D eigenvalue weighted by Gasteiger charge is 2.41. The molecule has 2 aliphatic rings. The maximum Gasteiger partial charge on any atom is 0.255 e. The van der Waals surface area contributed by atoms with E-state index in [1.54, 1.807) is 4.90 Å². The Bertz CT molecular complexity index is 1200. The molecule has 0 bridgehead atoms. The average Bonchev–Trinajstić information content (AvgIpc) is 3.18. The molecular weight excluding hydrogens is 398 g/mol. The molecule has 3 aromatic rings. The van der Waals surface area contributed by atoms with E-state index in [9.17, 15) is 9.59 Å². The fourth-order valence-electron chi connectivity index (χ4n) is 5.85. The molecule has 2 aliphatic heterocycles. The van der Waals surface area contributed by atoms with Gasteiger partial charge in [0.15, 0.2) is 0 Å². The molecule has 2 aromatic carbocycles. The summed E-state index contributed by atoms with van der Waals surface area (Å²) in [6.07, 6.45) is 1.15. The summed E-state index contributed by atoms with van der Waals surface area (Å²) < 4.78 is 2.18. The number of carbonyl (C=O) groups is 2. The van der Waals surface area contributed by atoms with Crippen molar-refractivity contribution in [3.63, 3.8) is 0 Å². The van der Waals surface area contributed by atoms with E-state index in [1.807, 2.05) is 41.3 Å². The van der Waals surface area contributed by atoms with Crippen LogP contribution in [0.5, 0.6) is 0 Å². The van der Waals surface area contributed by atoms with E-state index in [1.165, 1.54) is 0 Å². The second-order valence-corrected chi connectivity index (χ2v) is 9.74. The van der Waals surface area contributed by atoms with Crippen LogP contribution in [0.3, 0.4) is 0 Å². The summed E-state index contributed by atoms with van der Waals surface area (Å²) in [4.78, 5) is 30.7. The van der Waals surface area contributed by atoms with E-state index in [0.29, 0.717) is 17.4 Å². The van der Waals surface area contributed by atoms with Crippen molar-refractivity contribution in [1.29, 1.82) is 0 Å². The molecular formula is C27H31N3O2. The van der Waals surface area contributed by atoms with Crippen LogP contribution < -0.4 is 0 Å². The molecule has 2 amide bonds. The Labute approximate surface area is 189 Å². The molecule has 5 nitrogen and oxygen atoms in total. The summed E-state index contributed by atoms with van der Waals surface area (Å²) in [5, 5.41) is 1.14. The van der Waals surface area contributed by atoms with Crippen LogP contribution in [-0.4, -0.2) is 45.8 Å². The van der Waals surface area contributed by atoms with Gasteiger partial charge in [-0.2, -0.15) is 0 Å². The third-order valence-electron chi connectivity index (χ3n) is 7.31. The van der Waals surface area contributed by atoms with Crippen molar-refractivity contribution in [2.24, 2.45) is 18.9 Å². The van der Waals surface area contributed by atoms with Crippen molar-refractivity contribution in [2.45, 2.75) is 33.2 Å². The number of piperidine rings is 1. The van der Waals surface area contributed by atoms with E-state index in [0.717, 1.165) is 47.2 Å². The van der Waals surface area contributed by atoms with Crippen LogP contribution in [-0.2, 0) is 11.8 Å². The summed E-state index contributed by atoms with van der Waals surface area (Å²) in [6.45, 7) is 8.17. The molecule has 3 atom stereocenters. The summed E-state index contributed by atoms with van der Waals surface area (Å²) in [7, 11) is 2.07. The second-order valence-electron chi connectivity index (χ2n) is 9.74. The van der Waals surface area contributed by atoms with Crippen molar-refractivity contribution >= 4 is 22.7 Å². The summed E-state index contributed by atoms with van der Waals surface area (Å²) in [5.41, 5.74) is 5.08. The van der Waals surface area contributed by atoms with Crippen LogP contribution >= 0.6 is 0 Å². The maximum atomic E-state index is 13.5. The van der Waals surface area contributed by atoms with Crippen molar-refractivity contribution in [1.82, 2.24) is 14.4 Å². The Hall–Kier alpha value is -3.08. The monoisotopic (exact) mass is 429 g/mol. The molecule has 32 heavy (non-hydrogen) atoms. The number of para-hydroxylation sites is 1. The van der Waals surface area contributed by atoms with Gasteiger partial charge in [-0.1, -0.05) is 50.2 Å². The molecule has 3 heterocycles. The third-order valence-corrected chi connectivity index (χ3v) is 7.31. The number of nitrogens with zero attached hydrogens (tertiary/aromatic N) is 3. The molecule has 166 valence electrons. The largest absolute Gasteiger partial charge is 0.348 e. The second kappa shape index (κ2) is 7.80. The topological polar surface area (TPSA) is 45.6 Å². The van der Waals surface area contributed by atoms with Crippen LogP contribution in [0, 0.1) is 18.8 Å². The standard InChI is InChI=1S/C27H31N3O2/c1-17-13-18(2)15-29(14-17)24(31)16-30-26(20-9-5-6-10-21(20)27(30)32)25-19(3)28(4)23-12-8-7-11-22(23)25/h5-12,17-18,26H,13-16H2,1-4H3. The van der Waals surface area contributed by atoms with E-state index >= 15 is 0 Å². The van der Waals surface area contributed by atoms with Crippen molar-refractivity contribution in [3.8, 4) is 0 Å². The first-order valence-corrected chi connectivity index (χ1v) is 11.6. The van der Waals surface area contributed by atoms with Gasteiger partial charge < -0.3 is 14.4 Å². The lowest BCUT2D eigenvalue weighted by atomic mass is 9.92. The minimum Gasteiger partial charge on any atom is -0.348 e. The fourth-order valence-corrected chi connectivity index (χ4v) is 5.85. The van der Waals surface area contributed by atoms with Gasteiger partial charge in [0.1, 0.15) is 6.54 Å². The average molecular weight is 430 g/mol. The lowest BCUT2D eigenvalue weighted by Gasteiger charge is -2.36. The quantitative estimate of drug-likeness (QED) is 0.614. The zero-order valence-electron chi connectivity index (χ0n) is 19.3. The number of hydrogen-bond acceptors (Lipinski definition) is 2. The SMILES string of the molecule is Cc1c(C2c3ccccc3C(=O)N2CC(=O)N2CC(C)CC(C)C2)c2ccccc2n1C. The first-order chi connectivity index (χ1) is 15.4. The molecule has 0 N–H and O–H groups in total. The van der Waals surface area contributed by atoms with Crippen molar-refractivity contribution in [2.75, 3.05) is 19.6 Å². The van der Waals surface area contributed by atoms with Gasteiger partial charge >= 0.3 is 0 Å². The van der Waals surface area contributed by atoms with Crippen LogP contribution in [0.1, 0.15) is 53.5 Å². The number of benzene rings is 2. The number of aryl methyl sites for hydroxylation is 1. The number of fused-ring (bicyclic) bond motifs is 2. The number of amides is 2. The lowest BCUT2D eigenvalue weighted by molar-refractivity contribution is -0.134. The molecule has 0 saturated carbocycles. The zero-order valence-corrected chi connectivity index (χ0v) is 19.3. The third kappa shape index (κ3) is 3.22. The number of hydrogen-bond donors (Lipinski definition) is 0. The predicted octanol–water partition coefficient (Wildman–Crippen LogP) is 4.54. The summed E-state index contributed by atoms with van der Waals surface area (Å²) in [6, 6.07) is 15.9. The Morgan fingerprint density at radius 2 is 1.66 bits per heavy atom. The van der Waals surface area contributed by atoms with Gasteiger partial charge in [-0.15, -0.1) is 0 Å². The Morgan fingerprint density at radius 3 is 2.41 bits per heavy atom. The van der Waals surface area contributed by atoms with E-state index in [-0.39, 0.29) is 24.4 Å². The zero-order chi connectivity index (χ0) is 22.6. The van der Waals surface area contributed by atoms with Crippen molar-refractivity contribution in [3.05, 3.63) is 70.9 Å². The highest BCUT2D eigenvalue weighted by atomic mass is 16.2. The summed E-state index contributed by atoms with van der Waals surface area (Å²) in [5.74, 6) is 0.979. The lowest BCUT2D eigenvalue weighted by Crippen LogP contribution is -2.47. The van der Waals surface area contributed by atoms with Crippen LogP contribution in [0.25, 0.3) is 10.9 Å². The van der Waals surface area contributed by atoms with Gasteiger partial charge in [-0.25, -0.2) is 0 Å². The molecule has 0 radical (unpaired) electrons. The minimum atomic E-state index is -0.256. The van der Waals surface area contributed by atoms with Gasteiger partial charge in [0.2, 0.25) is 5.91 Å². The number of rotatable bonds is 3. The smallest absolute Gasteiger partial charge is 0.255 e. The molecule has 3 unspecified atom stereocenters. The normalized spacial score (nSPS) is 23.1. The molecule has 1 saturated heterocycles. The van der Waals surface area contributed by atoms with Gasteiger partial charge in [0.25, 0.3) is 5.91 Å². The molecule has 1 fully saturated rings. The molecule has 1 aromatic heterocycles. The Morgan fingerprint density at radius 1 is 1.00 bits per heavy atom. The molecule has 5 heteroatoms. The van der Waals surface area contributed by atoms with Crippen LogP contribution in [0.15, 0.2) is 48.5 Å². The van der Waals surface area contributed by atoms with Gasteiger partial charge in [0.05, 0.1) is 6.04 Å². The Kier molecular flexibility index (Phi) is 5.07. The highest BCUT2D eigenvalue weighted by Crippen LogP contribution is 2.43. The predicted molar refractivity (Wildman–Crippen MR) is 127 cm³/mol. The van der Waals surface area contributed by atoms with E-state index < -0.39 is 0 Å². The van der Waals surface area contributed by atoms with Crippen LogP contribution in [0.2, 0.25) is 0 Å². The number of likely N-dealkylation sites (tertiary alicyclic amines) is 1. The van der Waals surface area contributed by atoms with Crippen LogP contribution in [0.4, 0.5) is 0 Å². The highest BCUT2D eigenvalue weighted by molar-refractivity contribution is 6.02. The number of carbonyl (C=O) groups excluding carboxylic acids is 2. The fraction of sp³-hybridized carbons (Fsp3) is 0.407. The van der Waals surface area contributed by atoms with Crippen molar-refractivity contribution < 1.29 is 9.59 Å². The van der Waals surface area contributed by atoms with E-state index in [2.05, 4.69) is 44.5 Å².